The van der Waals surface area contributed by atoms with Gasteiger partial charge in [0, 0.05) is 11.5 Å². The number of carbonyl (C=O) groups excluding carboxylic acids is 1. The van der Waals surface area contributed by atoms with E-state index in [1.54, 1.807) is 0 Å². The number of hydrogen-bond acceptors (Lipinski definition) is 3. The van der Waals surface area contributed by atoms with Gasteiger partial charge in [-0.25, -0.2) is 4.79 Å². The third-order valence-corrected chi connectivity index (χ3v) is 5.65. The number of fused-ring (bicyclic) bond motifs is 1. The van der Waals surface area contributed by atoms with Crippen molar-refractivity contribution in [2.75, 3.05) is 6.61 Å². The van der Waals surface area contributed by atoms with Crippen molar-refractivity contribution in [1.29, 1.82) is 0 Å². The Morgan fingerprint density at radius 3 is 2.91 bits per heavy atom. The lowest BCUT2D eigenvalue weighted by atomic mass is 9.53. The van der Waals surface area contributed by atoms with Gasteiger partial charge in [0.2, 0.25) is 0 Å². The molecule has 3 rings (SSSR count). The fourth-order valence-corrected chi connectivity index (χ4v) is 4.59. The molecule has 1 heterocycles. The molecule has 0 spiro atoms. The number of ether oxygens (including phenoxy) is 1. The molecule has 0 bridgehead atoms. The van der Waals surface area contributed by atoms with Crippen molar-refractivity contribution in [1.82, 2.24) is 0 Å². The zero-order valence-electron chi connectivity index (χ0n) is 13.2. The maximum Gasteiger partial charge on any atom is 0.334 e. The summed E-state index contributed by atoms with van der Waals surface area (Å²) in [6, 6.07) is 0. The highest BCUT2D eigenvalue weighted by atomic mass is 16.5. The Kier molecular flexibility index (Phi) is 3.85. The molecule has 0 amide bonds. The van der Waals surface area contributed by atoms with E-state index in [2.05, 4.69) is 26.2 Å². The summed E-state index contributed by atoms with van der Waals surface area (Å²) in [6.07, 6.45) is 8.81. The van der Waals surface area contributed by atoms with E-state index in [0.717, 1.165) is 36.0 Å². The summed E-state index contributed by atoms with van der Waals surface area (Å²) < 4.78 is 4.98. The third kappa shape index (κ3) is 2.38. The molecule has 22 heavy (non-hydrogen) atoms. The second-order valence-corrected chi connectivity index (χ2v) is 7.01. The lowest BCUT2D eigenvalue weighted by molar-refractivity contribution is -0.136. The summed E-state index contributed by atoms with van der Waals surface area (Å²) >= 11 is 0. The van der Waals surface area contributed by atoms with Crippen LogP contribution < -0.4 is 0 Å². The van der Waals surface area contributed by atoms with Gasteiger partial charge in [-0.3, -0.25) is 0 Å². The smallest absolute Gasteiger partial charge is 0.334 e. The van der Waals surface area contributed by atoms with Crippen LogP contribution in [0.5, 0.6) is 0 Å². The minimum absolute atomic E-state index is 0.0658. The van der Waals surface area contributed by atoms with Gasteiger partial charge in [0.25, 0.3) is 0 Å². The topological polar surface area (TPSA) is 46.5 Å². The van der Waals surface area contributed by atoms with Gasteiger partial charge in [0.05, 0.1) is 6.10 Å². The molecule has 1 N–H and O–H groups in total. The first-order valence-corrected chi connectivity index (χ1v) is 8.00. The van der Waals surface area contributed by atoms with Gasteiger partial charge < -0.3 is 9.84 Å². The Morgan fingerprint density at radius 2 is 2.23 bits per heavy atom. The number of esters is 1. The first kappa shape index (κ1) is 15.3. The molecule has 0 aromatic carbocycles. The molecule has 0 saturated heterocycles. The zero-order valence-corrected chi connectivity index (χ0v) is 13.2. The Balaban J connectivity index is 1.82. The van der Waals surface area contributed by atoms with Crippen LogP contribution in [0, 0.1) is 17.3 Å². The lowest BCUT2D eigenvalue weighted by Gasteiger charge is -2.52. The molecule has 0 aromatic rings. The molecule has 1 saturated carbocycles. The standard InChI is InChI=1S/C19H24O3/c1-12-5-4-9-19(3)15(13(2)11-16(20)17(12)19)7-6-14-8-10-22-18(14)21/h4-5,8,15-17,20H,1-2,6-7,9-11H2,3H3. The molecule has 2 aliphatic carbocycles. The van der Waals surface area contributed by atoms with Crippen molar-refractivity contribution >= 4 is 5.97 Å². The van der Waals surface area contributed by atoms with Gasteiger partial charge in [0.15, 0.2) is 0 Å². The molecule has 4 atom stereocenters. The van der Waals surface area contributed by atoms with Crippen LogP contribution in [0.3, 0.4) is 0 Å². The highest BCUT2D eigenvalue weighted by Crippen LogP contribution is 2.56. The maximum absolute atomic E-state index is 11.6. The number of hydrogen-bond donors (Lipinski definition) is 1. The fraction of sp³-hybridized carbons (Fsp3) is 0.526. The van der Waals surface area contributed by atoms with Crippen LogP contribution in [-0.4, -0.2) is 23.8 Å². The van der Waals surface area contributed by atoms with E-state index < -0.39 is 6.10 Å². The first-order chi connectivity index (χ1) is 10.4. The van der Waals surface area contributed by atoms with Crippen LogP contribution in [-0.2, 0) is 9.53 Å². The number of aliphatic hydroxyl groups is 1. The minimum atomic E-state index is -0.401. The fourth-order valence-electron chi connectivity index (χ4n) is 4.59. The van der Waals surface area contributed by atoms with E-state index in [9.17, 15) is 9.90 Å². The van der Waals surface area contributed by atoms with Crippen molar-refractivity contribution in [2.24, 2.45) is 17.3 Å². The summed E-state index contributed by atoms with van der Waals surface area (Å²) in [5, 5.41) is 10.5. The van der Waals surface area contributed by atoms with Gasteiger partial charge in [-0.15, -0.1) is 0 Å². The van der Waals surface area contributed by atoms with E-state index in [4.69, 9.17) is 4.74 Å². The van der Waals surface area contributed by atoms with Gasteiger partial charge in [0.1, 0.15) is 6.61 Å². The Labute approximate surface area is 132 Å². The monoisotopic (exact) mass is 300 g/mol. The minimum Gasteiger partial charge on any atom is -0.458 e. The maximum atomic E-state index is 11.6. The molecule has 4 unspecified atom stereocenters. The second-order valence-electron chi connectivity index (χ2n) is 7.01. The lowest BCUT2D eigenvalue weighted by Crippen LogP contribution is -2.48. The van der Waals surface area contributed by atoms with E-state index in [-0.39, 0.29) is 23.2 Å². The van der Waals surface area contributed by atoms with Crippen LogP contribution in [0.15, 0.2) is 48.1 Å². The van der Waals surface area contributed by atoms with E-state index in [1.807, 2.05) is 12.2 Å². The number of carbonyl (C=O) groups is 1. The van der Waals surface area contributed by atoms with Crippen LogP contribution in [0.2, 0.25) is 0 Å². The molecule has 0 radical (unpaired) electrons. The predicted octanol–water partition coefficient (Wildman–Crippen LogP) is 3.33. The molecule has 0 aromatic heterocycles. The molecule has 118 valence electrons. The quantitative estimate of drug-likeness (QED) is 0.642. The van der Waals surface area contributed by atoms with E-state index in [0.29, 0.717) is 13.0 Å². The molecule has 3 aliphatic rings. The largest absolute Gasteiger partial charge is 0.458 e. The molecule has 3 heteroatoms. The predicted molar refractivity (Wildman–Crippen MR) is 86.0 cm³/mol. The number of aliphatic hydroxyl groups excluding tert-OH is 1. The summed E-state index contributed by atoms with van der Waals surface area (Å²) in [6.45, 7) is 11.0. The van der Waals surface area contributed by atoms with Crippen LogP contribution >= 0.6 is 0 Å². The number of rotatable bonds is 3. The summed E-state index contributed by atoms with van der Waals surface area (Å²) in [5.74, 6) is 0.186. The Bertz CT molecular complexity index is 583. The van der Waals surface area contributed by atoms with Gasteiger partial charge in [-0.1, -0.05) is 37.8 Å². The highest BCUT2D eigenvalue weighted by Gasteiger charge is 2.50. The van der Waals surface area contributed by atoms with E-state index >= 15 is 0 Å². The first-order valence-electron chi connectivity index (χ1n) is 8.00. The second kappa shape index (κ2) is 5.54. The Hall–Kier alpha value is -1.61. The Morgan fingerprint density at radius 1 is 1.45 bits per heavy atom. The zero-order chi connectivity index (χ0) is 15.9. The van der Waals surface area contributed by atoms with Gasteiger partial charge in [-0.2, -0.15) is 0 Å². The average Bonchev–Trinajstić information content (AvgIpc) is 2.83. The summed E-state index contributed by atoms with van der Waals surface area (Å²) in [4.78, 5) is 11.6. The van der Waals surface area contributed by atoms with Crippen LogP contribution in [0.4, 0.5) is 0 Å². The summed E-state index contributed by atoms with van der Waals surface area (Å²) in [5.41, 5.74) is 2.83. The van der Waals surface area contributed by atoms with Crippen molar-refractivity contribution < 1.29 is 14.6 Å². The normalized spacial score (nSPS) is 37.8. The molecular formula is C19H24O3. The number of allylic oxidation sites excluding steroid dienone is 2. The summed E-state index contributed by atoms with van der Waals surface area (Å²) in [7, 11) is 0. The van der Waals surface area contributed by atoms with Crippen molar-refractivity contribution in [2.45, 2.75) is 38.7 Å². The molecule has 3 nitrogen and oxygen atoms in total. The molecule has 1 fully saturated rings. The number of cyclic esters (lactones) is 1. The van der Waals surface area contributed by atoms with Crippen LogP contribution in [0.25, 0.3) is 0 Å². The van der Waals surface area contributed by atoms with Gasteiger partial charge >= 0.3 is 5.97 Å². The van der Waals surface area contributed by atoms with E-state index in [1.165, 1.54) is 0 Å². The average molecular weight is 300 g/mol. The SMILES string of the molecule is C=C1CC(O)C2C(=C)C=CCC2(C)C1CCC1=CCOC1=O. The van der Waals surface area contributed by atoms with Crippen molar-refractivity contribution in [3.63, 3.8) is 0 Å². The van der Waals surface area contributed by atoms with Crippen molar-refractivity contribution in [3.8, 4) is 0 Å². The van der Waals surface area contributed by atoms with Crippen LogP contribution in [0.1, 0.15) is 32.6 Å². The highest BCUT2D eigenvalue weighted by molar-refractivity contribution is 5.90. The molecular weight excluding hydrogens is 276 g/mol. The van der Waals surface area contributed by atoms with Gasteiger partial charge in [-0.05, 0) is 48.7 Å². The van der Waals surface area contributed by atoms with Crippen molar-refractivity contribution in [3.05, 3.63) is 48.1 Å². The molecule has 1 aliphatic heterocycles. The third-order valence-electron chi connectivity index (χ3n) is 5.65.